The molecule has 3 nitrogen and oxygen atoms in total. The van der Waals surface area contributed by atoms with Crippen LogP contribution in [0.5, 0.6) is 0 Å². The zero-order valence-electron chi connectivity index (χ0n) is 7.30. The highest BCUT2D eigenvalue weighted by atomic mass is 16.2. The summed E-state index contributed by atoms with van der Waals surface area (Å²) in [5.74, 6) is -1.43. The first-order valence-electron chi connectivity index (χ1n) is 3.69. The van der Waals surface area contributed by atoms with Crippen LogP contribution in [0.2, 0.25) is 0 Å². The molecule has 0 aromatic rings. The Kier molecular flexibility index (Phi) is 1.75. The van der Waals surface area contributed by atoms with Crippen molar-refractivity contribution in [2.45, 2.75) is 20.8 Å². The Morgan fingerprint density at radius 1 is 1.17 bits per heavy atom. The number of hydrogen-bond donors (Lipinski definition) is 0. The Bertz CT molecular complexity index is 308. The first-order valence-corrected chi connectivity index (χ1v) is 3.69. The van der Waals surface area contributed by atoms with Crippen LogP contribution in [0, 0.1) is 5.41 Å². The Hall–Kier alpha value is -1.25. The van der Waals surface area contributed by atoms with Crippen LogP contribution >= 0.6 is 0 Å². The molecule has 0 unspecified atom stereocenters. The van der Waals surface area contributed by atoms with E-state index in [-0.39, 0.29) is 11.4 Å². The van der Waals surface area contributed by atoms with Crippen LogP contribution in [-0.2, 0) is 14.4 Å². The van der Waals surface area contributed by atoms with Crippen molar-refractivity contribution in [3.05, 3.63) is 11.6 Å². The molecule has 0 atom stereocenters. The first kappa shape index (κ1) is 8.84. The molecular formula is C9H10O3. The lowest BCUT2D eigenvalue weighted by atomic mass is 9.76. The van der Waals surface area contributed by atoms with E-state index in [0.29, 0.717) is 0 Å². The lowest BCUT2D eigenvalue weighted by Crippen LogP contribution is -2.41. The molecule has 0 spiro atoms. The molecule has 12 heavy (non-hydrogen) atoms. The molecule has 0 bridgehead atoms. The van der Waals surface area contributed by atoms with Gasteiger partial charge in [0.15, 0.2) is 5.78 Å². The van der Waals surface area contributed by atoms with Crippen LogP contribution in [0.15, 0.2) is 11.6 Å². The van der Waals surface area contributed by atoms with E-state index in [9.17, 15) is 14.4 Å². The lowest BCUT2D eigenvalue weighted by molar-refractivity contribution is -0.145. The summed E-state index contributed by atoms with van der Waals surface area (Å²) in [5.41, 5.74) is -0.916. The van der Waals surface area contributed by atoms with E-state index in [1.54, 1.807) is 0 Å². The molecule has 64 valence electrons. The second-order valence-electron chi connectivity index (χ2n) is 3.47. The van der Waals surface area contributed by atoms with Crippen molar-refractivity contribution in [1.82, 2.24) is 0 Å². The summed E-state index contributed by atoms with van der Waals surface area (Å²) in [6.07, 6.45) is 1.24. The summed E-state index contributed by atoms with van der Waals surface area (Å²) >= 11 is 0. The van der Waals surface area contributed by atoms with Crippen molar-refractivity contribution < 1.29 is 14.4 Å². The molecule has 0 saturated heterocycles. The van der Waals surface area contributed by atoms with E-state index in [2.05, 4.69) is 0 Å². The van der Waals surface area contributed by atoms with Gasteiger partial charge in [0, 0.05) is 5.57 Å². The van der Waals surface area contributed by atoms with E-state index in [1.807, 2.05) is 0 Å². The fourth-order valence-corrected chi connectivity index (χ4v) is 1.02. The molecule has 0 fully saturated rings. The topological polar surface area (TPSA) is 51.2 Å². The van der Waals surface area contributed by atoms with Gasteiger partial charge >= 0.3 is 0 Å². The number of allylic oxidation sites excluding steroid dienone is 2. The third-order valence-corrected chi connectivity index (χ3v) is 2.10. The minimum atomic E-state index is -1.16. The van der Waals surface area contributed by atoms with Crippen molar-refractivity contribution in [1.29, 1.82) is 0 Å². The highest BCUT2D eigenvalue weighted by molar-refractivity contribution is 6.51. The number of Topliss-reactive ketones (excluding diaryl/α,β-unsaturated/α-hetero) is 2. The van der Waals surface area contributed by atoms with E-state index in [4.69, 9.17) is 0 Å². The lowest BCUT2D eigenvalue weighted by Gasteiger charge is -2.22. The number of carbonyl (C=O) groups is 3. The Labute approximate surface area is 70.4 Å². The van der Waals surface area contributed by atoms with Gasteiger partial charge in [0.1, 0.15) is 0 Å². The molecule has 0 amide bonds. The fourth-order valence-electron chi connectivity index (χ4n) is 1.02. The maximum Gasteiger partial charge on any atom is 0.225 e. The van der Waals surface area contributed by atoms with Gasteiger partial charge in [0.25, 0.3) is 0 Å². The highest BCUT2D eigenvalue weighted by Gasteiger charge is 2.42. The zero-order valence-corrected chi connectivity index (χ0v) is 7.30. The number of ketones is 3. The van der Waals surface area contributed by atoms with Crippen molar-refractivity contribution in [3.63, 3.8) is 0 Å². The first-order chi connectivity index (χ1) is 5.37. The molecule has 0 saturated carbocycles. The van der Waals surface area contributed by atoms with E-state index in [1.165, 1.54) is 26.8 Å². The van der Waals surface area contributed by atoms with Gasteiger partial charge in [0.2, 0.25) is 11.6 Å². The van der Waals surface area contributed by atoms with Crippen LogP contribution < -0.4 is 0 Å². The average Bonchev–Trinajstić information content (AvgIpc) is 1.99. The van der Waals surface area contributed by atoms with Crippen LogP contribution in [0.3, 0.4) is 0 Å². The minimum Gasteiger partial charge on any atom is -0.294 e. The molecule has 0 radical (unpaired) electrons. The second-order valence-corrected chi connectivity index (χ2v) is 3.47. The Morgan fingerprint density at radius 2 is 1.67 bits per heavy atom. The summed E-state index contributed by atoms with van der Waals surface area (Å²) in [6.45, 7) is 4.42. The normalized spacial score (nSPS) is 22.6. The number of rotatable bonds is 0. The average molecular weight is 166 g/mol. The molecule has 0 N–H and O–H groups in total. The van der Waals surface area contributed by atoms with Crippen LogP contribution in [0.4, 0.5) is 0 Å². The van der Waals surface area contributed by atoms with Gasteiger partial charge in [-0.25, -0.2) is 0 Å². The molecule has 0 heterocycles. The molecule has 3 heteroatoms. The number of hydrogen-bond acceptors (Lipinski definition) is 3. The predicted molar refractivity (Wildman–Crippen MR) is 42.6 cm³/mol. The Balaban J connectivity index is 3.26. The predicted octanol–water partition coefficient (Wildman–Crippen LogP) is 0.680. The third kappa shape index (κ3) is 1.02. The summed E-state index contributed by atoms with van der Waals surface area (Å²) < 4.78 is 0. The van der Waals surface area contributed by atoms with Gasteiger partial charge in [-0.2, -0.15) is 0 Å². The molecule has 0 aromatic heterocycles. The molecule has 1 rings (SSSR count). The third-order valence-electron chi connectivity index (χ3n) is 2.10. The zero-order chi connectivity index (χ0) is 9.52. The van der Waals surface area contributed by atoms with E-state index in [0.717, 1.165) is 0 Å². The molecule has 0 aliphatic heterocycles. The summed E-state index contributed by atoms with van der Waals surface area (Å²) in [6, 6.07) is 0. The van der Waals surface area contributed by atoms with Gasteiger partial charge in [-0.3, -0.25) is 14.4 Å². The van der Waals surface area contributed by atoms with Gasteiger partial charge in [-0.15, -0.1) is 0 Å². The summed E-state index contributed by atoms with van der Waals surface area (Å²) in [5, 5.41) is 0. The van der Waals surface area contributed by atoms with Crippen molar-refractivity contribution >= 4 is 17.3 Å². The standard InChI is InChI=1S/C9H10O3/c1-5-4-6(10)9(2,3)8(12)7(5)11/h4H,1-3H3. The molecule has 1 aliphatic carbocycles. The summed E-state index contributed by atoms with van der Waals surface area (Å²) in [7, 11) is 0. The smallest absolute Gasteiger partial charge is 0.225 e. The van der Waals surface area contributed by atoms with Crippen LogP contribution in [0.1, 0.15) is 20.8 Å². The molecule has 0 aromatic carbocycles. The van der Waals surface area contributed by atoms with Crippen LogP contribution in [-0.4, -0.2) is 17.3 Å². The van der Waals surface area contributed by atoms with Gasteiger partial charge < -0.3 is 0 Å². The number of carbonyl (C=O) groups excluding carboxylic acids is 3. The maximum atomic E-state index is 11.3. The van der Waals surface area contributed by atoms with E-state index >= 15 is 0 Å². The van der Waals surface area contributed by atoms with Crippen LogP contribution in [0.25, 0.3) is 0 Å². The quantitative estimate of drug-likeness (QED) is 0.392. The van der Waals surface area contributed by atoms with E-state index < -0.39 is 17.0 Å². The van der Waals surface area contributed by atoms with Crippen molar-refractivity contribution in [2.75, 3.05) is 0 Å². The van der Waals surface area contributed by atoms with Gasteiger partial charge in [-0.1, -0.05) is 0 Å². The van der Waals surface area contributed by atoms with Gasteiger partial charge in [-0.05, 0) is 26.8 Å². The van der Waals surface area contributed by atoms with Gasteiger partial charge in [0.05, 0.1) is 5.41 Å². The second kappa shape index (κ2) is 2.37. The SMILES string of the molecule is CC1=CC(=O)C(C)(C)C(=O)C1=O. The monoisotopic (exact) mass is 166 g/mol. The molecule has 1 aliphatic rings. The maximum absolute atomic E-state index is 11.3. The summed E-state index contributed by atoms with van der Waals surface area (Å²) in [4.78, 5) is 33.6. The molecular weight excluding hydrogens is 156 g/mol. The Morgan fingerprint density at radius 3 is 2.17 bits per heavy atom. The fraction of sp³-hybridized carbons (Fsp3) is 0.444. The minimum absolute atomic E-state index is 0.240. The highest BCUT2D eigenvalue weighted by Crippen LogP contribution is 2.25. The largest absolute Gasteiger partial charge is 0.294 e. The van der Waals surface area contributed by atoms with Crippen molar-refractivity contribution in [3.8, 4) is 0 Å². The van der Waals surface area contributed by atoms with Crippen molar-refractivity contribution in [2.24, 2.45) is 5.41 Å².